The van der Waals surface area contributed by atoms with Crippen molar-refractivity contribution in [1.29, 1.82) is 0 Å². The highest BCUT2D eigenvalue weighted by Gasteiger charge is 2.35. The third-order valence-corrected chi connectivity index (χ3v) is 6.98. The first-order valence-electron chi connectivity index (χ1n) is 11.3. The molecular formula is C28H17ClN4O3S. The fourth-order valence-corrected chi connectivity index (χ4v) is 5.18. The average Bonchev–Trinajstić information content (AvgIpc) is 3.62. The zero-order valence-electron chi connectivity index (χ0n) is 19.1. The van der Waals surface area contributed by atoms with Gasteiger partial charge in [0.1, 0.15) is 5.76 Å². The normalized spacial score (nSPS) is 18.2. The van der Waals surface area contributed by atoms with Gasteiger partial charge in [-0.05, 0) is 65.9 Å². The lowest BCUT2D eigenvalue weighted by molar-refractivity contribution is -0.113. The van der Waals surface area contributed by atoms with Crippen LogP contribution in [0.1, 0.15) is 11.1 Å². The van der Waals surface area contributed by atoms with E-state index in [-0.39, 0.29) is 17.5 Å². The molecule has 1 saturated heterocycles. The van der Waals surface area contributed by atoms with Crippen molar-refractivity contribution < 1.29 is 14.0 Å². The number of hydrogen-bond acceptors (Lipinski definition) is 6. The summed E-state index contributed by atoms with van der Waals surface area (Å²) in [4.78, 5) is 28.1. The molecule has 0 unspecified atom stereocenters. The lowest BCUT2D eigenvalue weighted by Crippen LogP contribution is -2.28. The SMILES string of the molecule is O=C1Nc2ccc(Cl)cc2C1=NN=C1SC(=Cc2ccccc2-c2ccco2)C(=O)N1c1ccccc1. The molecule has 1 aromatic heterocycles. The van der Waals surface area contributed by atoms with Crippen molar-refractivity contribution in [2.24, 2.45) is 10.2 Å². The number of benzene rings is 3. The molecule has 37 heavy (non-hydrogen) atoms. The minimum Gasteiger partial charge on any atom is -0.464 e. The van der Waals surface area contributed by atoms with E-state index >= 15 is 0 Å². The number of nitrogens with zero attached hydrogens (tertiary/aromatic N) is 3. The van der Waals surface area contributed by atoms with E-state index in [0.29, 0.717) is 37.8 Å². The molecule has 9 heteroatoms. The van der Waals surface area contributed by atoms with Gasteiger partial charge in [-0.25, -0.2) is 0 Å². The fourth-order valence-electron chi connectivity index (χ4n) is 4.08. The molecule has 7 nitrogen and oxygen atoms in total. The summed E-state index contributed by atoms with van der Waals surface area (Å²) in [6, 6.07) is 25.6. The molecule has 0 radical (unpaired) electrons. The van der Waals surface area contributed by atoms with Gasteiger partial charge in [0.05, 0.1) is 22.5 Å². The van der Waals surface area contributed by atoms with Crippen LogP contribution < -0.4 is 10.2 Å². The maximum absolute atomic E-state index is 13.6. The van der Waals surface area contributed by atoms with Gasteiger partial charge in [0.2, 0.25) is 5.17 Å². The maximum Gasteiger partial charge on any atom is 0.276 e. The number of rotatable bonds is 4. The summed E-state index contributed by atoms with van der Waals surface area (Å²) in [5.74, 6) is 0.0710. The third kappa shape index (κ3) is 4.37. The van der Waals surface area contributed by atoms with Crippen molar-refractivity contribution in [1.82, 2.24) is 0 Å². The number of hydrogen-bond donors (Lipinski definition) is 1. The molecule has 1 N–H and O–H groups in total. The van der Waals surface area contributed by atoms with E-state index in [1.54, 1.807) is 24.5 Å². The molecule has 0 atom stereocenters. The van der Waals surface area contributed by atoms with Gasteiger partial charge < -0.3 is 9.73 Å². The minimum atomic E-state index is -0.384. The van der Waals surface area contributed by atoms with Crippen LogP contribution in [0.5, 0.6) is 0 Å². The van der Waals surface area contributed by atoms with Gasteiger partial charge >= 0.3 is 0 Å². The fraction of sp³-hybridized carbons (Fsp3) is 0. The lowest BCUT2D eigenvalue weighted by atomic mass is 10.0. The third-order valence-electron chi connectivity index (χ3n) is 5.79. The second kappa shape index (κ2) is 9.57. The number of fused-ring (bicyclic) bond motifs is 1. The van der Waals surface area contributed by atoms with Gasteiger partial charge in [-0.1, -0.05) is 54.1 Å². The van der Waals surface area contributed by atoms with Crippen molar-refractivity contribution in [2.75, 3.05) is 10.2 Å². The molecule has 2 amide bonds. The van der Waals surface area contributed by atoms with Crippen LogP contribution in [0.4, 0.5) is 11.4 Å². The molecule has 2 aliphatic heterocycles. The van der Waals surface area contributed by atoms with E-state index in [1.807, 2.05) is 72.8 Å². The van der Waals surface area contributed by atoms with Crippen LogP contribution in [0, 0.1) is 0 Å². The molecular weight excluding hydrogens is 508 g/mol. The smallest absolute Gasteiger partial charge is 0.276 e. The number of halogens is 1. The van der Waals surface area contributed by atoms with Crippen molar-refractivity contribution in [3.63, 3.8) is 0 Å². The first kappa shape index (κ1) is 23.0. The van der Waals surface area contributed by atoms with Crippen LogP contribution in [-0.2, 0) is 9.59 Å². The summed E-state index contributed by atoms with van der Waals surface area (Å²) in [5, 5.41) is 12.2. The largest absolute Gasteiger partial charge is 0.464 e. The topological polar surface area (TPSA) is 87.3 Å². The number of nitrogens with one attached hydrogen (secondary N) is 1. The Labute approximate surface area is 221 Å². The molecule has 2 aliphatic rings. The number of anilines is 2. The number of thioether (sulfide) groups is 1. The number of furan rings is 1. The zero-order valence-corrected chi connectivity index (χ0v) is 20.7. The van der Waals surface area contributed by atoms with Crippen LogP contribution in [0.2, 0.25) is 5.02 Å². The Morgan fingerprint density at radius 3 is 2.51 bits per heavy atom. The molecule has 3 aromatic carbocycles. The van der Waals surface area contributed by atoms with Gasteiger partial charge in [-0.2, -0.15) is 0 Å². The summed E-state index contributed by atoms with van der Waals surface area (Å²) in [6.45, 7) is 0. The predicted molar refractivity (Wildman–Crippen MR) is 148 cm³/mol. The van der Waals surface area contributed by atoms with E-state index in [4.69, 9.17) is 16.0 Å². The summed E-state index contributed by atoms with van der Waals surface area (Å²) < 4.78 is 5.59. The Balaban J connectivity index is 1.43. The van der Waals surface area contributed by atoms with Crippen molar-refractivity contribution in [2.45, 2.75) is 0 Å². The van der Waals surface area contributed by atoms with E-state index < -0.39 is 0 Å². The highest BCUT2D eigenvalue weighted by molar-refractivity contribution is 8.19. The predicted octanol–water partition coefficient (Wildman–Crippen LogP) is 6.43. The van der Waals surface area contributed by atoms with Crippen molar-refractivity contribution >= 4 is 63.5 Å². The molecule has 6 rings (SSSR count). The standard InChI is InChI=1S/C28H17ClN4O3S/c29-18-12-13-22-21(16-18)25(26(34)30-22)31-32-28-33(19-8-2-1-3-9-19)27(35)24(37-28)15-17-7-4-5-10-20(17)23-11-6-14-36-23/h1-16H,(H,30,31,34). The Hall–Kier alpha value is -4.40. The average molecular weight is 525 g/mol. The molecule has 3 heterocycles. The van der Waals surface area contributed by atoms with Crippen LogP contribution in [0.15, 0.2) is 111 Å². The molecule has 180 valence electrons. The van der Waals surface area contributed by atoms with Gasteiger partial charge in [0.15, 0.2) is 5.71 Å². The second-order valence-corrected chi connectivity index (χ2v) is 9.57. The monoisotopic (exact) mass is 524 g/mol. The van der Waals surface area contributed by atoms with Crippen molar-refractivity contribution in [3.05, 3.63) is 112 Å². The number of para-hydroxylation sites is 1. The molecule has 4 aromatic rings. The highest BCUT2D eigenvalue weighted by atomic mass is 35.5. The number of carbonyl (C=O) groups excluding carboxylic acids is 2. The van der Waals surface area contributed by atoms with Crippen molar-refractivity contribution in [3.8, 4) is 11.3 Å². The van der Waals surface area contributed by atoms with Gasteiger partial charge in [-0.15, -0.1) is 10.2 Å². The maximum atomic E-state index is 13.6. The molecule has 0 spiro atoms. The Kier molecular flexibility index (Phi) is 5.96. The van der Waals surface area contributed by atoms with Gasteiger partial charge in [0.25, 0.3) is 11.8 Å². The molecule has 0 bridgehead atoms. The summed E-state index contributed by atoms with van der Waals surface area (Å²) >= 11 is 7.31. The first-order valence-corrected chi connectivity index (χ1v) is 12.5. The Bertz CT molecular complexity index is 1630. The van der Waals surface area contributed by atoms with Crippen LogP contribution in [0.3, 0.4) is 0 Å². The molecule has 0 saturated carbocycles. The molecule has 1 fully saturated rings. The van der Waals surface area contributed by atoms with Gasteiger partial charge in [-0.3, -0.25) is 14.5 Å². The van der Waals surface area contributed by atoms with E-state index in [0.717, 1.165) is 11.1 Å². The highest BCUT2D eigenvalue weighted by Crippen LogP contribution is 2.38. The number of carbonyl (C=O) groups is 2. The van der Waals surface area contributed by atoms with Gasteiger partial charge in [0, 0.05) is 16.1 Å². The summed E-state index contributed by atoms with van der Waals surface area (Å²) in [7, 11) is 0. The lowest BCUT2D eigenvalue weighted by Gasteiger charge is -2.14. The second-order valence-electron chi connectivity index (χ2n) is 8.13. The van der Waals surface area contributed by atoms with E-state index in [2.05, 4.69) is 15.5 Å². The first-order chi connectivity index (χ1) is 18.1. The van der Waals surface area contributed by atoms with E-state index in [1.165, 1.54) is 16.7 Å². The quantitative estimate of drug-likeness (QED) is 0.246. The van der Waals surface area contributed by atoms with Crippen LogP contribution >= 0.6 is 23.4 Å². The van der Waals surface area contributed by atoms with Crippen LogP contribution in [0.25, 0.3) is 17.4 Å². The number of amidine groups is 1. The minimum absolute atomic E-state index is 0.131. The molecule has 0 aliphatic carbocycles. The summed E-state index contributed by atoms with van der Waals surface area (Å²) in [6.07, 6.45) is 3.42. The Morgan fingerprint density at radius 1 is 0.892 bits per heavy atom. The Morgan fingerprint density at radius 2 is 1.70 bits per heavy atom. The summed E-state index contributed by atoms with van der Waals surface area (Å²) in [5.41, 5.74) is 3.63. The zero-order chi connectivity index (χ0) is 25.4. The van der Waals surface area contributed by atoms with Crippen LogP contribution in [-0.4, -0.2) is 22.7 Å². The van der Waals surface area contributed by atoms with E-state index in [9.17, 15) is 9.59 Å². The number of amides is 2.